The molecule has 0 bridgehead atoms. The first-order chi connectivity index (χ1) is 15.4. The summed E-state index contributed by atoms with van der Waals surface area (Å²) in [6.45, 7) is -0.490. The van der Waals surface area contributed by atoms with Crippen LogP contribution in [-0.4, -0.2) is 30.0 Å². The van der Waals surface area contributed by atoms with Crippen molar-refractivity contribution in [3.8, 4) is 0 Å². The number of anilines is 1. The normalized spacial score (nSPS) is 12.3. The summed E-state index contributed by atoms with van der Waals surface area (Å²) in [6, 6.07) is 18.4. The van der Waals surface area contributed by atoms with Gasteiger partial charge in [-0.1, -0.05) is 52.3 Å². The van der Waals surface area contributed by atoms with E-state index in [2.05, 4.69) is 21.2 Å². The van der Waals surface area contributed by atoms with Crippen LogP contribution in [0.5, 0.6) is 0 Å². The number of carbonyl (C=O) groups excluding carboxylic acids is 4. The highest BCUT2D eigenvalue weighted by Crippen LogP contribution is 2.29. The SMILES string of the molecule is O=C(COC(=O)/C=C/c1ccc(Br)cc1)Nc1ccc2c(c1)C(=O)c1ccccc1C2=O. The second-order valence-corrected chi connectivity index (χ2v) is 7.92. The van der Waals surface area contributed by atoms with E-state index in [0.29, 0.717) is 16.8 Å². The maximum Gasteiger partial charge on any atom is 0.331 e. The zero-order valence-electron chi connectivity index (χ0n) is 16.6. The standard InChI is InChI=1S/C25H16BrNO5/c26-16-8-5-15(6-9-16)7-12-23(29)32-14-22(28)27-17-10-11-20-21(13-17)25(31)19-4-2-1-3-18(19)24(20)30/h1-13H,14H2,(H,27,28)/b12-7+. The largest absolute Gasteiger partial charge is 0.452 e. The molecule has 4 rings (SSSR count). The van der Waals surface area contributed by atoms with Gasteiger partial charge in [-0.05, 0) is 42.0 Å². The highest BCUT2D eigenvalue weighted by Gasteiger charge is 2.29. The molecule has 0 radical (unpaired) electrons. The summed E-state index contributed by atoms with van der Waals surface area (Å²) in [4.78, 5) is 49.4. The smallest absolute Gasteiger partial charge is 0.331 e. The molecular formula is C25H16BrNO5. The van der Waals surface area contributed by atoms with Gasteiger partial charge < -0.3 is 10.1 Å². The van der Waals surface area contributed by atoms with E-state index in [1.807, 2.05) is 24.3 Å². The predicted octanol–water partition coefficient (Wildman–Crippen LogP) is 4.42. The zero-order valence-corrected chi connectivity index (χ0v) is 18.2. The maximum atomic E-state index is 12.8. The summed E-state index contributed by atoms with van der Waals surface area (Å²) in [6.07, 6.45) is 2.81. The molecule has 0 unspecified atom stereocenters. The van der Waals surface area contributed by atoms with Gasteiger partial charge in [0.05, 0.1) is 0 Å². The van der Waals surface area contributed by atoms with Crippen LogP contribution in [0.1, 0.15) is 37.4 Å². The Bertz CT molecular complexity index is 1280. The van der Waals surface area contributed by atoms with Crippen LogP contribution in [-0.2, 0) is 14.3 Å². The van der Waals surface area contributed by atoms with Crippen LogP contribution in [0.15, 0.2) is 77.3 Å². The first-order valence-corrected chi connectivity index (χ1v) is 10.4. The molecule has 0 heterocycles. The van der Waals surface area contributed by atoms with Gasteiger partial charge in [-0.15, -0.1) is 0 Å². The van der Waals surface area contributed by atoms with Crippen molar-refractivity contribution in [2.45, 2.75) is 0 Å². The van der Waals surface area contributed by atoms with Crippen LogP contribution in [0, 0.1) is 0 Å². The lowest BCUT2D eigenvalue weighted by molar-refractivity contribution is -0.142. The molecule has 1 N–H and O–H groups in total. The fourth-order valence-electron chi connectivity index (χ4n) is 3.30. The number of carbonyl (C=O) groups is 4. The molecule has 3 aromatic carbocycles. The molecule has 0 saturated carbocycles. The summed E-state index contributed by atoms with van der Waals surface area (Å²) < 4.78 is 5.87. The number of amides is 1. The molecular weight excluding hydrogens is 474 g/mol. The molecule has 6 nitrogen and oxygen atoms in total. The molecule has 1 amide bonds. The van der Waals surface area contributed by atoms with Gasteiger partial charge in [0, 0.05) is 38.5 Å². The van der Waals surface area contributed by atoms with Gasteiger partial charge in [-0.3, -0.25) is 14.4 Å². The highest BCUT2D eigenvalue weighted by atomic mass is 79.9. The Hall–Kier alpha value is -3.84. The van der Waals surface area contributed by atoms with Crippen molar-refractivity contribution in [1.82, 2.24) is 0 Å². The van der Waals surface area contributed by atoms with E-state index in [0.717, 1.165) is 10.0 Å². The van der Waals surface area contributed by atoms with Crippen molar-refractivity contribution in [3.63, 3.8) is 0 Å². The van der Waals surface area contributed by atoms with Crippen LogP contribution in [0.2, 0.25) is 0 Å². The Labute approximate surface area is 192 Å². The number of hydrogen-bond acceptors (Lipinski definition) is 5. The zero-order chi connectivity index (χ0) is 22.7. The van der Waals surface area contributed by atoms with Crippen LogP contribution >= 0.6 is 15.9 Å². The van der Waals surface area contributed by atoms with E-state index in [1.54, 1.807) is 30.3 Å². The molecule has 0 spiro atoms. The number of nitrogens with one attached hydrogen (secondary N) is 1. The first-order valence-electron chi connectivity index (χ1n) is 9.65. The quantitative estimate of drug-likeness (QED) is 0.331. The van der Waals surface area contributed by atoms with Crippen molar-refractivity contribution < 1.29 is 23.9 Å². The number of ether oxygens (including phenoxy) is 1. The summed E-state index contributed by atoms with van der Waals surface area (Å²) in [5.74, 6) is -1.74. The monoisotopic (exact) mass is 489 g/mol. The average Bonchev–Trinajstić information content (AvgIpc) is 2.81. The molecule has 158 valence electrons. The second-order valence-electron chi connectivity index (χ2n) is 7.00. The highest BCUT2D eigenvalue weighted by molar-refractivity contribution is 9.10. The van der Waals surface area contributed by atoms with E-state index in [4.69, 9.17) is 4.74 Å². The second kappa shape index (κ2) is 9.11. The van der Waals surface area contributed by atoms with Crippen molar-refractivity contribution in [2.75, 3.05) is 11.9 Å². The molecule has 1 aliphatic carbocycles. The summed E-state index contributed by atoms with van der Waals surface area (Å²) in [5, 5.41) is 2.58. The van der Waals surface area contributed by atoms with E-state index in [9.17, 15) is 19.2 Å². The molecule has 7 heteroatoms. The number of fused-ring (bicyclic) bond motifs is 2. The number of rotatable bonds is 5. The Morgan fingerprint density at radius 3 is 2.16 bits per heavy atom. The van der Waals surface area contributed by atoms with Crippen molar-refractivity contribution >= 4 is 51.1 Å². The number of hydrogen-bond donors (Lipinski definition) is 1. The molecule has 1 aliphatic rings. The minimum absolute atomic E-state index is 0.223. The van der Waals surface area contributed by atoms with Gasteiger partial charge in [0.15, 0.2) is 18.2 Å². The van der Waals surface area contributed by atoms with Gasteiger partial charge in [0.1, 0.15) is 0 Å². The van der Waals surface area contributed by atoms with Crippen LogP contribution < -0.4 is 5.32 Å². The summed E-state index contributed by atoms with van der Waals surface area (Å²) >= 11 is 3.33. The molecule has 0 atom stereocenters. The van der Waals surface area contributed by atoms with Gasteiger partial charge >= 0.3 is 5.97 Å². The minimum Gasteiger partial charge on any atom is -0.452 e. The number of benzene rings is 3. The van der Waals surface area contributed by atoms with Crippen molar-refractivity contribution in [1.29, 1.82) is 0 Å². The van der Waals surface area contributed by atoms with Gasteiger partial charge in [-0.2, -0.15) is 0 Å². The average molecular weight is 490 g/mol. The minimum atomic E-state index is -0.661. The molecule has 0 fully saturated rings. The van der Waals surface area contributed by atoms with E-state index < -0.39 is 18.5 Å². The maximum absolute atomic E-state index is 12.8. The molecule has 32 heavy (non-hydrogen) atoms. The molecule has 0 aliphatic heterocycles. The predicted molar refractivity (Wildman–Crippen MR) is 123 cm³/mol. The van der Waals surface area contributed by atoms with Crippen molar-refractivity contribution in [2.24, 2.45) is 0 Å². The van der Waals surface area contributed by atoms with Crippen molar-refractivity contribution in [3.05, 3.63) is 105 Å². The van der Waals surface area contributed by atoms with Gasteiger partial charge in [0.2, 0.25) is 0 Å². The fraction of sp³-hybridized carbons (Fsp3) is 0.0400. The molecule has 0 aromatic heterocycles. The third kappa shape index (κ3) is 4.58. The number of esters is 1. The Kier molecular flexibility index (Phi) is 6.09. The van der Waals surface area contributed by atoms with Crippen LogP contribution in [0.4, 0.5) is 5.69 Å². The first kappa shape index (κ1) is 21.4. The van der Waals surface area contributed by atoms with E-state index in [1.165, 1.54) is 24.3 Å². The third-order valence-corrected chi connectivity index (χ3v) is 5.36. The van der Waals surface area contributed by atoms with Crippen LogP contribution in [0.3, 0.4) is 0 Å². The Balaban J connectivity index is 1.38. The van der Waals surface area contributed by atoms with E-state index in [-0.39, 0.29) is 22.7 Å². The molecule has 3 aromatic rings. The lowest BCUT2D eigenvalue weighted by Gasteiger charge is -2.18. The lowest BCUT2D eigenvalue weighted by Crippen LogP contribution is -2.23. The Morgan fingerprint density at radius 2 is 1.47 bits per heavy atom. The fourth-order valence-corrected chi connectivity index (χ4v) is 3.56. The summed E-state index contributed by atoms with van der Waals surface area (Å²) in [7, 11) is 0. The number of halogens is 1. The van der Waals surface area contributed by atoms with Gasteiger partial charge in [0.25, 0.3) is 5.91 Å². The van der Waals surface area contributed by atoms with Crippen LogP contribution in [0.25, 0.3) is 6.08 Å². The van der Waals surface area contributed by atoms with E-state index >= 15 is 0 Å². The topological polar surface area (TPSA) is 89.5 Å². The van der Waals surface area contributed by atoms with Gasteiger partial charge in [-0.25, -0.2) is 4.79 Å². The number of ketones is 2. The summed E-state index contributed by atoms with van der Waals surface area (Å²) in [5.41, 5.74) is 2.35. The molecule has 0 saturated heterocycles. The third-order valence-electron chi connectivity index (χ3n) is 4.84. The lowest BCUT2D eigenvalue weighted by atomic mass is 9.84. The Morgan fingerprint density at radius 1 is 0.844 bits per heavy atom.